The van der Waals surface area contributed by atoms with Gasteiger partial charge in [-0.25, -0.2) is 0 Å². The number of hydrogen-bond acceptors (Lipinski definition) is 2. The Balaban J connectivity index is 2.52. The fourth-order valence-electron chi connectivity index (χ4n) is 4.39. The van der Waals surface area contributed by atoms with Gasteiger partial charge in [0.05, 0.1) is 11.7 Å². The first-order valence-electron chi connectivity index (χ1n) is 7.23. The van der Waals surface area contributed by atoms with Gasteiger partial charge in [0.25, 0.3) is 0 Å². The van der Waals surface area contributed by atoms with Gasteiger partial charge in [-0.3, -0.25) is 0 Å². The number of fused-ring (bicyclic) bond motifs is 1. The van der Waals surface area contributed by atoms with Gasteiger partial charge >= 0.3 is 0 Å². The van der Waals surface area contributed by atoms with Crippen LogP contribution in [0.5, 0.6) is 0 Å². The summed E-state index contributed by atoms with van der Waals surface area (Å²) in [6, 6.07) is 0. The SMILES string of the molecule is CC1=CC[C@@]2(C)CC[C@@](O)(C(C)C)[C@]2(C)[C@@H](O)C1. The molecule has 0 spiro atoms. The standard InChI is InChI=1S/C16H28O2/c1-11(2)16(18)9-8-14(4)7-6-12(3)10-13(17)15(14,16)5/h6,11,13,17-18H,7-10H2,1-5H3/t13-,14-,15+,16+/m0/s1. The third kappa shape index (κ3) is 1.55. The molecule has 104 valence electrons. The van der Waals surface area contributed by atoms with Gasteiger partial charge in [0.15, 0.2) is 0 Å². The molecule has 4 atom stereocenters. The lowest BCUT2D eigenvalue weighted by molar-refractivity contribution is -0.175. The highest BCUT2D eigenvalue weighted by molar-refractivity contribution is 5.21. The maximum Gasteiger partial charge on any atom is 0.0754 e. The third-order valence-corrected chi connectivity index (χ3v) is 6.25. The summed E-state index contributed by atoms with van der Waals surface area (Å²) in [7, 11) is 0. The van der Waals surface area contributed by atoms with E-state index < -0.39 is 17.1 Å². The number of rotatable bonds is 1. The monoisotopic (exact) mass is 252 g/mol. The Morgan fingerprint density at radius 3 is 2.44 bits per heavy atom. The van der Waals surface area contributed by atoms with Crippen LogP contribution in [0.3, 0.4) is 0 Å². The molecule has 0 heterocycles. The quantitative estimate of drug-likeness (QED) is 0.703. The fraction of sp³-hybridized carbons (Fsp3) is 0.875. The summed E-state index contributed by atoms with van der Waals surface area (Å²) in [5.74, 6) is 0.178. The number of aliphatic hydroxyl groups is 2. The Kier molecular flexibility index (Phi) is 3.19. The van der Waals surface area contributed by atoms with Gasteiger partial charge in [-0.2, -0.15) is 0 Å². The largest absolute Gasteiger partial charge is 0.392 e. The fourth-order valence-corrected chi connectivity index (χ4v) is 4.39. The summed E-state index contributed by atoms with van der Waals surface area (Å²) in [4.78, 5) is 0. The highest BCUT2D eigenvalue weighted by atomic mass is 16.3. The van der Waals surface area contributed by atoms with E-state index in [0.717, 1.165) is 19.3 Å². The first-order chi connectivity index (χ1) is 8.17. The van der Waals surface area contributed by atoms with Gasteiger partial charge in [-0.1, -0.05) is 39.3 Å². The van der Waals surface area contributed by atoms with E-state index in [-0.39, 0.29) is 11.3 Å². The predicted octanol–water partition coefficient (Wildman–Crippen LogP) is 3.28. The van der Waals surface area contributed by atoms with Crippen LogP contribution in [0.25, 0.3) is 0 Å². The van der Waals surface area contributed by atoms with Crippen molar-refractivity contribution >= 4 is 0 Å². The van der Waals surface area contributed by atoms with Crippen molar-refractivity contribution in [2.45, 2.75) is 72.0 Å². The van der Waals surface area contributed by atoms with E-state index >= 15 is 0 Å². The summed E-state index contributed by atoms with van der Waals surface area (Å²) in [6.07, 6.45) is 5.29. The molecule has 1 fully saturated rings. The Bertz CT molecular complexity index is 373. The number of allylic oxidation sites excluding steroid dienone is 1. The lowest BCUT2D eigenvalue weighted by Gasteiger charge is -2.52. The van der Waals surface area contributed by atoms with Gasteiger partial charge in [0.2, 0.25) is 0 Å². The summed E-state index contributed by atoms with van der Waals surface area (Å²) in [6.45, 7) is 10.6. The molecular formula is C16H28O2. The lowest BCUT2D eigenvalue weighted by atomic mass is 9.56. The molecule has 0 bridgehead atoms. The highest BCUT2D eigenvalue weighted by Crippen LogP contribution is 2.65. The van der Waals surface area contributed by atoms with Crippen molar-refractivity contribution in [3.05, 3.63) is 11.6 Å². The molecule has 0 aromatic heterocycles. The summed E-state index contributed by atoms with van der Waals surface area (Å²) >= 11 is 0. The molecule has 0 unspecified atom stereocenters. The summed E-state index contributed by atoms with van der Waals surface area (Å²) in [5.41, 5.74) is 0.0936. The first kappa shape index (κ1) is 14.1. The average Bonchev–Trinajstić information content (AvgIpc) is 2.45. The Hall–Kier alpha value is -0.340. The molecule has 0 aromatic carbocycles. The van der Waals surface area contributed by atoms with E-state index in [2.05, 4.69) is 40.7 Å². The smallest absolute Gasteiger partial charge is 0.0754 e. The van der Waals surface area contributed by atoms with Gasteiger partial charge in [0.1, 0.15) is 0 Å². The maximum absolute atomic E-state index is 11.2. The van der Waals surface area contributed by atoms with Crippen molar-refractivity contribution in [2.75, 3.05) is 0 Å². The van der Waals surface area contributed by atoms with Crippen LogP contribution in [0.1, 0.15) is 60.3 Å². The first-order valence-corrected chi connectivity index (χ1v) is 7.23. The molecule has 18 heavy (non-hydrogen) atoms. The van der Waals surface area contributed by atoms with Crippen LogP contribution in [-0.4, -0.2) is 21.9 Å². The summed E-state index contributed by atoms with van der Waals surface area (Å²) < 4.78 is 0. The number of aliphatic hydroxyl groups excluding tert-OH is 1. The van der Waals surface area contributed by atoms with E-state index in [9.17, 15) is 10.2 Å². The van der Waals surface area contributed by atoms with E-state index in [0.29, 0.717) is 6.42 Å². The maximum atomic E-state index is 11.2. The molecule has 2 nitrogen and oxygen atoms in total. The zero-order valence-electron chi connectivity index (χ0n) is 12.5. The molecule has 0 aliphatic heterocycles. The Morgan fingerprint density at radius 1 is 1.28 bits per heavy atom. The van der Waals surface area contributed by atoms with Crippen LogP contribution in [0.2, 0.25) is 0 Å². The van der Waals surface area contributed by atoms with Gasteiger partial charge in [-0.05, 0) is 43.9 Å². The minimum Gasteiger partial charge on any atom is -0.392 e. The van der Waals surface area contributed by atoms with Crippen molar-refractivity contribution in [1.29, 1.82) is 0 Å². The molecule has 1 saturated carbocycles. The molecule has 2 N–H and O–H groups in total. The van der Waals surface area contributed by atoms with Crippen LogP contribution in [0.15, 0.2) is 11.6 Å². The highest BCUT2D eigenvalue weighted by Gasteiger charge is 2.66. The Morgan fingerprint density at radius 2 is 1.89 bits per heavy atom. The number of hydrogen-bond donors (Lipinski definition) is 2. The second-order valence-corrected chi connectivity index (χ2v) is 7.32. The topological polar surface area (TPSA) is 40.5 Å². The molecule has 2 aliphatic rings. The van der Waals surface area contributed by atoms with Gasteiger partial charge < -0.3 is 10.2 Å². The van der Waals surface area contributed by atoms with Crippen molar-refractivity contribution in [2.24, 2.45) is 16.7 Å². The van der Waals surface area contributed by atoms with E-state index in [4.69, 9.17) is 0 Å². The van der Waals surface area contributed by atoms with Crippen LogP contribution < -0.4 is 0 Å². The second kappa shape index (κ2) is 4.08. The molecule has 0 saturated heterocycles. The second-order valence-electron chi connectivity index (χ2n) is 7.32. The molecule has 0 aromatic rings. The lowest BCUT2D eigenvalue weighted by Crippen LogP contribution is -2.58. The molecule has 0 radical (unpaired) electrons. The molecular weight excluding hydrogens is 224 g/mol. The van der Waals surface area contributed by atoms with Crippen LogP contribution in [0, 0.1) is 16.7 Å². The minimum atomic E-state index is -0.750. The van der Waals surface area contributed by atoms with E-state index in [1.807, 2.05) is 0 Å². The molecule has 0 amide bonds. The summed E-state index contributed by atoms with van der Waals surface area (Å²) in [5, 5.41) is 21.9. The average molecular weight is 252 g/mol. The van der Waals surface area contributed by atoms with Crippen molar-refractivity contribution in [1.82, 2.24) is 0 Å². The molecule has 2 heteroatoms. The van der Waals surface area contributed by atoms with Gasteiger partial charge in [-0.15, -0.1) is 0 Å². The van der Waals surface area contributed by atoms with Gasteiger partial charge in [0, 0.05) is 5.41 Å². The van der Waals surface area contributed by atoms with E-state index in [1.54, 1.807) is 0 Å². The van der Waals surface area contributed by atoms with E-state index in [1.165, 1.54) is 5.57 Å². The Labute approximate surface area is 111 Å². The van der Waals surface area contributed by atoms with Crippen LogP contribution in [-0.2, 0) is 0 Å². The van der Waals surface area contributed by atoms with Crippen molar-refractivity contribution in [3.8, 4) is 0 Å². The van der Waals surface area contributed by atoms with Crippen molar-refractivity contribution in [3.63, 3.8) is 0 Å². The predicted molar refractivity (Wildman–Crippen MR) is 74.2 cm³/mol. The molecule has 2 rings (SSSR count). The normalized spacial score (nSPS) is 48.9. The zero-order chi connectivity index (χ0) is 13.8. The third-order valence-electron chi connectivity index (χ3n) is 6.25. The van der Waals surface area contributed by atoms with Crippen LogP contribution in [0.4, 0.5) is 0 Å². The minimum absolute atomic E-state index is 0.00317. The molecule has 2 aliphatic carbocycles. The van der Waals surface area contributed by atoms with Crippen LogP contribution >= 0.6 is 0 Å². The van der Waals surface area contributed by atoms with Crippen molar-refractivity contribution < 1.29 is 10.2 Å². The zero-order valence-corrected chi connectivity index (χ0v) is 12.5.